The third-order valence-electron chi connectivity index (χ3n) is 4.50. The van der Waals surface area contributed by atoms with E-state index in [0.717, 1.165) is 18.1 Å². The summed E-state index contributed by atoms with van der Waals surface area (Å²) in [5, 5.41) is 0.956. The molecule has 0 amide bonds. The molecule has 1 heterocycles. The Morgan fingerprint density at radius 1 is 0.826 bits per heavy atom. The summed E-state index contributed by atoms with van der Waals surface area (Å²) in [5.74, 6) is 0. The average molecular weight is 329 g/mol. The smallest absolute Gasteiger partial charge is 0.127 e. The van der Waals surface area contributed by atoms with E-state index in [0.29, 0.717) is 0 Å². The van der Waals surface area contributed by atoms with Gasteiger partial charge in [-0.1, -0.05) is 72.3 Å². The molecule has 1 aliphatic heterocycles. The molecule has 1 aliphatic rings. The van der Waals surface area contributed by atoms with Crippen LogP contribution in [0.3, 0.4) is 0 Å². The maximum atomic E-state index is 6.45. The minimum absolute atomic E-state index is 0.940. The summed E-state index contributed by atoms with van der Waals surface area (Å²) in [6.07, 6.45) is 2.09. The third-order valence-corrected chi connectivity index (χ3v) is 4.75. The van der Waals surface area contributed by atoms with E-state index in [1.165, 1.54) is 37.3 Å². The zero-order valence-electron chi connectivity index (χ0n) is 13.5. The van der Waals surface area contributed by atoms with Gasteiger partial charge in [0.2, 0.25) is 0 Å². The van der Waals surface area contributed by atoms with Crippen LogP contribution in [-0.2, 0) is 6.54 Å². The molecule has 1 saturated heterocycles. The van der Waals surface area contributed by atoms with Crippen molar-refractivity contribution < 1.29 is 9.80 Å². The molecule has 0 bridgehead atoms. The Hall–Kier alpha value is -1.61. The molecule has 3 rings (SSSR count). The number of quaternary nitrogens is 2. The van der Waals surface area contributed by atoms with Crippen molar-refractivity contribution in [2.24, 2.45) is 0 Å². The van der Waals surface area contributed by atoms with Crippen LogP contribution in [0.15, 0.2) is 65.7 Å². The van der Waals surface area contributed by atoms with Crippen molar-refractivity contribution in [1.82, 2.24) is 0 Å². The van der Waals surface area contributed by atoms with Crippen LogP contribution in [0.4, 0.5) is 0 Å². The highest BCUT2D eigenvalue weighted by atomic mass is 35.5. The van der Waals surface area contributed by atoms with Gasteiger partial charge in [-0.2, -0.15) is 0 Å². The predicted molar refractivity (Wildman–Crippen MR) is 96.7 cm³/mol. The number of nitrogens with one attached hydrogen (secondary N) is 2. The van der Waals surface area contributed by atoms with E-state index in [9.17, 15) is 0 Å². The number of hydrogen-bond donors (Lipinski definition) is 2. The van der Waals surface area contributed by atoms with Crippen LogP contribution in [0.1, 0.15) is 11.1 Å². The SMILES string of the molecule is Cl/C(=C\c1ccccc1)C[NH+]1CC[NH+](Cc2ccccc2)CC1. The quantitative estimate of drug-likeness (QED) is 0.817. The second-order valence-corrected chi connectivity index (χ2v) is 6.83. The molecule has 2 N–H and O–H groups in total. The van der Waals surface area contributed by atoms with Crippen LogP contribution in [0.5, 0.6) is 0 Å². The van der Waals surface area contributed by atoms with Gasteiger partial charge in [-0.3, -0.25) is 0 Å². The fourth-order valence-corrected chi connectivity index (χ4v) is 3.53. The summed E-state index contributed by atoms with van der Waals surface area (Å²) in [7, 11) is 0. The lowest BCUT2D eigenvalue weighted by Crippen LogP contribution is -3.27. The normalized spacial score (nSPS) is 22.0. The maximum absolute atomic E-state index is 6.45. The molecule has 23 heavy (non-hydrogen) atoms. The zero-order valence-corrected chi connectivity index (χ0v) is 14.2. The van der Waals surface area contributed by atoms with Crippen molar-refractivity contribution >= 4 is 17.7 Å². The first kappa shape index (κ1) is 16.3. The molecule has 0 radical (unpaired) electrons. The van der Waals surface area contributed by atoms with Crippen LogP contribution in [0, 0.1) is 0 Å². The van der Waals surface area contributed by atoms with E-state index in [1.807, 2.05) is 6.07 Å². The topological polar surface area (TPSA) is 8.88 Å². The summed E-state index contributed by atoms with van der Waals surface area (Å²) in [5.41, 5.74) is 2.62. The number of hydrogen-bond acceptors (Lipinski definition) is 0. The number of rotatable bonds is 5. The molecule has 2 aromatic rings. The summed E-state index contributed by atoms with van der Waals surface area (Å²) in [6.45, 7) is 6.91. The van der Waals surface area contributed by atoms with Gasteiger partial charge in [0.15, 0.2) is 0 Å². The van der Waals surface area contributed by atoms with Crippen LogP contribution >= 0.6 is 11.6 Å². The number of piperazine rings is 1. The standard InChI is InChI=1S/C20H23ClN2/c21-20(15-18-7-3-1-4-8-18)17-23-13-11-22(12-14-23)16-19-9-5-2-6-10-19/h1-10,15H,11-14,16-17H2/p+2/b20-15-. The summed E-state index contributed by atoms with van der Waals surface area (Å²) >= 11 is 6.45. The molecule has 2 nitrogen and oxygen atoms in total. The van der Waals surface area contributed by atoms with Gasteiger partial charge in [0.25, 0.3) is 0 Å². The Kier molecular flexibility index (Phi) is 5.87. The summed E-state index contributed by atoms with van der Waals surface area (Å²) in [6, 6.07) is 21.1. The van der Waals surface area contributed by atoms with Crippen LogP contribution in [-0.4, -0.2) is 32.7 Å². The fraction of sp³-hybridized carbons (Fsp3) is 0.300. The second-order valence-electron chi connectivity index (χ2n) is 6.34. The highest BCUT2D eigenvalue weighted by molar-refractivity contribution is 6.31. The second kappa shape index (κ2) is 8.30. The number of halogens is 1. The maximum Gasteiger partial charge on any atom is 0.127 e. The minimum Gasteiger partial charge on any atom is -0.322 e. The molecule has 0 aliphatic carbocycles. The molecule has 2 aromatic carbocycles. The van der Waals surface area contributed by atoms with Gasteiger partial charge in [-0.05, 0) is 11.6 Å². The first-order valence-electron chi connectivity index (χ1n) is 8.42. The molecular formula is C20H25ClN2+2. The van der Waals surface area contributed by atoms with Crippen molar-refractivity contribution in [1.29, 1.82) is 0 Å². The number of benzene rings is 2. The Balaban J connectivity index is 1.46. The average Bonchev–Trinajstić information content (AvgIpc) is 2.58. The van der Waals surface area contributed by atoms with Gasteiger partial charge in [-0.15, -0.1) is 0 Å². The molecule has 0 saturated carbocycles. The van der Waals surface area contributed by atoms with E-state index in [1.54, 1.807) is 9.80 Å². The van der Waals surface area contributed by atoms with Gasteiger partial charge in [0.05, 0.1) is 5.03 Å². The zero-order chi connectivity index (χ0) is 15.9. The van der Waals surface area contributed by atoms with Gasteiger partial charge >= 0.3 is 0 Å². The van der Waals surface area contributed by atoms with Gasteiger partial charge in [-0.25, -0.2) is 0 Å². The van der Waals surface area contributed by atoms with E-state index >= 15 is 0 Å². The summed E-state index contributed by atoms with van der Waals surface area (Å²) < 4.78 is 0. The summed E-state index contributed by atoms with van der Waals surface area (Å²) in [4.78, 5) is 3.28. The molecular weight excluding hydrogens is 304 g/mol. The van der Waals surface area contributed by atoms with E-state index in [2.05, 4.69) is 60.7 Å². The largest absolute Gasteiger partial charge is 0.322 e. The van der Waals surface area contributed by atoms with Crippen molar-refractivity contribution in [3.8, 4) is 0 Å². The van der Waals surface area contributed by atoms with Crippen molar-refractivity contribution in [2.75, 3.05) is 32.7 Å². The Morgan fingerprint density at radius 2 is 1.39 bits per heavy atom. The van der Waals surface area contributed by atoms with Crippen LogP contribution in [0.25, 0.3) is 6.08 Å². The lowest BCUT2D eigenvalue weighted by molar-refractivity contribution is -1.02. The lowest BCUT2D eigenvalue weighted by atomic mass is 10.2. The monoisotopic (exact) mass is 328 g/mol. The van der Waals surface area contributed by atoms with Crippen molar-refractivity contribution in [3.05, 3.63) is 76.8 Å². The van der Waals surface area contributed by atoms with E-state index < -0.39 is 0 Å². The lowest BCUT2D eigenvalue weighted by Gasteiger charge is -2.29. The van der Waals surface area contributed by atoms with Crippen molar-refractivity contribution in [3.63, 3.8) is 0 Å². The Morgan fingerprint density at radius 3 is 2.04 bits per heavy atom. The van der Waals surface area contributed by atoms with E-state index in [4.69, 9.17) is 11.6 Å². The molecule has 120 valence electrons. The molecule has 0 spiro atoms. The van der Waals surface area contributed by atoms with Crippen LogP contribution < -0.4 is 9.80 Å². The fourth-order valence-electron chi connectivity index (χ4n) is 3.22. The van der Waals surface area contributed by atoms with Crippen LogP contribution in [0.2, 0.25) is 0 Å². The highest BCUT2D eigenvalue weighted by Crippen LogP contribution is 2.08. The predicted octanol–water partition coefficient (Wildman–Crippen LogP) is 1.25. The first-order valence-corrected chi connectivity index (χ1v) is 8.79. The molecule has 0 unspecified atom stereocenters. The van der Waals surface area contributed by atoms with E-state index in [-0.39, 0.29) is 0 Å². The van der Waals surface area contributed by atoms with Crippen molar-refractivity contribution in [2.45, 2.75) is 6.54 Å². The Labute approximate surface area is 144 Å². The van der Waals surface area contributed by atoms with Gasteiger partial charge < -0.3 is 9.80 Å². The van der Waals surface area contributed by atoms with Gasteiger partial charge in [0.1, 0.15) is 39.3 Å². The third kappa shape index (κ3) is 5.21. The molecule has 1 fully saturated rings. The molecule has 0 atom stereocenters. The minimum atomic E-state index is 0.940. The molecule has 0 aromatic heterocycles. The Bertz CT molecular complexity index is 617. The van der Waals surface area contributed by atoms with Gasteiger partial charge in [0, 0.05) is 5.56 Å². The highest BCUT2D eigenvalue weighted by Gasteiger charge is 2.23. The first-order chi connectivity index (χ1) is 11.3. The molecule has 3 heteroatoms.